The molecule has 2 atom stereocenters. The van der Waals surface area contributed by atoms with Crippen LogP contribution in [0, 0.1) is 18.3 Å². The van der Waals surface area contributed by atoms with Crippen molar-refractivity contribution >= 4 is 23.7 Å². The van der Waals surface area contributed by atoms with Crippen LogP contribution in [0.3, 0.4) is 0 Å². The maximum absolute atomic E-state index is 12.7. The van der Waals surface area contributed by atoms with Crippen LogP contribution < -0.4 is 22.1 Å². The van der Waals surface area contributed by atoms with E-state index in [9.17, 15) is 19.5 Å². The van der Waals surface area contributed by atoms with Gasteiger partial charge in [0.1, 0.15) is 17.8 Å². The molecule has 0 aliphatic heterocycles. The molecule has 11 heteroatoms. The predicted octanol–water partition coefficient (Wildman–Crippen LogP) is 1.86. The smallest absolute Gasteiger partial charge is 0.326 e. The van der Waals surface area contributed by atoms with Crippen molar-refractivity contribution in [2.24, 2.45) is 27.8 Å². The number of carbonyl (C=O) groups is 3. The van der Waals surface area contributed by atoms with E-state index in [1.165, 1.54) is 0 Å². The molecule has 186 valence electrons. The lowest BCUT2D eigenvalue weighted by atomic mass is 9.91. The summed E-state index contributed by atoms with van der Waals surface area (Å²) in [5, 5.41) is 14.9. The molecule has 0 aromatic carbocycles. The molecule has 0 spiro atoms. The van der Waals surface area contributed by atoms with Gasteiger partial charge in [-0.05, 0) is 37.5 Å². The Morgan fingerprint density at radius 3 is 2.33 bits per heavy atom. The fourth-order valence-corrected chi connectivity index (χ4v) is 3.18. The number of nitrogens with zero attached hydrogens (tertiary/aromatic N) is 2. The van der Waals surface area contributed by atoms with Crippen molar-refractivity contribution in [3.8, 4) is 0 Å². The van der Waals surface area contributed by atoms with E-state index < -0.39 is 24.0 Å². The lowest BCUT2D eigenvalue weighted by Gasteiger charge is -2.21. The molecule has 7 N–H and O–H groups in total. The van der Waals surface area contributed by atoms with E-state index in [4.69, 9.17) is 15.9 Å². The van der Waals surface area contributed by atoms with Gasteiger partial charge in [0.15, 0.2) is 11.7 Å². The molecule has 0 fully saturated rings. The van der Waals surface area contributed by atoms with E-state index in [-0.39, 0.29) is 53.5 Å². The summed E-state index contributed by atoms with van der Waals surface area (Å²) in [7, 11) is 0. The van der Waals surface area contributed by atoms with E-state index in [0.29, 0.717) is 19.3 Å². The third-order valence-corrected chi connectivity index (χ3v) is 4.61. The van der Waals surface area contributed by atoms with Gasteiger partial charge < -0.3 is 31.6 Å². The standard InChI is InChI=1S/C22H38N6O5/c1-12(2)10-15(26-16(29)11-22(4,5)6)19-28-17(13(3)33-19)18(30)27-14(20(31)32)8-7-9-25-21(23)24/h12,14-15H,7-11H2,1-6H3,(H,26,29)(H,27,30)(H,31,32)(H4,23,24,25). The van der Waals surface area contributed by atoms with Crippen molar-refractivity contribution in [2.45, 2.75) is 79.3 Å². The van der Waals surface area contributed by atoms with Crippen LogP contribution in [-0.2, 0) is 9.59 Å². The molecule has 0 saturated heterocycles. The van der Waals surface area contributed by atoms with Crippen molar-refractivity contribution in [1.82, 2.24) is 15.6 Å². The minimum atomic E-state index is -1.18. The Kier molecular flexibility index (Phi) is 10.3. The van der Waals surface area contributed by atoms with E-state index in [2.05, 4.69) is 20.6 Å². The second-order valence-electron chi connectivity index (χ2n) is 9.76. The number of carboxylic acids is 1. The molecule has 2 amide bonds. The maximum atomic E-state index is 12.7. The van der Waals surface area contributed by atoms with Gasteiger partial charge in [0.25, 0.3) is 5.91 Å². The third kappa shape index (κ3) is 10.4. The molecular weight excluding hydrogens is 428 g/mol. The number of aromatic nitrogens is 1. The topological polar surface area (TPSA) is 186 Å². The molecule has 11 nitrogen and oxygen atoms in total. The molecule has 0 bridgehead atoms. The van der Waals surface area contributed by atoms with Crippen LogP contribution in [0.15, 0.2) is 9.41 Å². The van der Waals surface area contributed by atoms with Gasteiger partial charge in [-0.3, -0.25) is 14.6 Å². The highest BCUT2D eigenvalue weighted by Crippen LogP contribution is 2.25. The number of rotatable bonds is 12. The fraction of sp³-hybridized carbons (Fsp3) is 0.682. The van der Waals surface area contributed by atoms with Crippen LogP contribution in [-0.4, -0.2) is 46.4 Å². The number of amides is 2. The summed E-state index contributed by atoms with van der Waals surface area (Å²) in [5.41, 5.74) is 10.3. The zero-order valence-electron chi connectivity index (χ0n) is 20.4. The Balaban J connectivity index is 2.97. The van der Waals surface area contributed by atoms with Crippen LogP contribution in [0.1, 0.15) is 88.5 Å². The lowest BCUT2D eigenvalue weighted by Crippen LogP contribution is -2.41. The van der Waals surface area contributed by atoms with Crippen LogP contribution in [0.4, 0.5) is 0 Å². The van der Waals surface area contributed by atoms with E-state index in [1.807, 2.05) is 34.6 Å². The molecular formula is C22H38N6O5. The summed E-state index contributed by atoms with van der Waals surface area (Å²) in [6, 6.07) is -1.64. The molecule has 0 aliphatic rings. The summed E-state index contributed by atoms with van der Waals surface area (Å²) >= 11 is 0. The number of nitrogens with one attached hydrogen (secondary N) is 2. The van der Waals surface area contributed by atoms with Crippen LogP contribution in [0.2, 0.25) is 0 Å². The SMILES string of the molecule is Cc1oc(C(CC(C)C)NC(=O)CC(C)(C)C)nc1C(=O)NC(CCCN=C(N)N)C(=O)O. The zero-order chi connectivity index (χ0) is 25.3. The van der Waals surface area contributed by atoms with Gasteiger partial charge in [-0.25, -0.2) is 9.78 Å². The first-order valence-electron chi connectivity index (χ1n) is 11.0. The second-order valence-corrected chi connectivity index (χ2v) is 9.76. The average molecular weight is 467 g/mol. The summed E-state index contributed by atoms with van der Waals surface area (Å²) < 4.78 is 5.72. The Hall–Kier alpha value is -3.11. The van der Waals surface area contributed by atoms with Gasteiger partial charge in [0.05, 0.1) is 0 Å². The largest absolute Gasteiger partial charge is 0.480 e. The number of nitrogens with two attached hydrogens (primary N) is 2. The second kappa shape index (κ2) is 12.2. The van der Waals surface area contributed by atoms with Crippen LogP contribution in [0.25, 0.3) is 0 Å². The minimum absolute atomic E-state index is 0.0145. The van der Waals surface area contributed by atoms with Gasteiger partial charge in [-0.15, -0.1) is 0 Å². The van der Waals surface area contributed by atoms with Crippen LogP contribution in [0.5, 0.6) is 0 Å². The first kappa shape index (κ1) is 27.9. The number of aryl methyl sites for hydroxylation is 1. The molecule has 33 heavy (non-hydrogen) atoms. The number of aliphatic carboxylic acids is 1. The molecule has 1 heterocycles. The van der Waals surface area contributed by atoms with E-state index in [0.717, 1.165) is 0 Å². The zero-order valence-corrected chi connectivity index (χ0v) is 20.4. The van der Waals surface area contributed by atoms with E-state index in [1.54, 1.807) is 6.92 Å². The summed E-state index contributed by atoms with van der Waals surface area (Å²) in [6.07, 6.45) is 1.41. The molecule has 1 aromatic heterocycles. The number of carboxylic acid groups (broad SMARTS) is 1. The monoisotopic (exact) mass is 466 g/mol. The molecule has 1 aromatic rings. The predicted molar refractivity (Wildman–Crippen MR) is 124 cm³/mol. The Bertz CT molecular complexity index is 852. The van der Waals surface area contributed by atoms with Crippen molar-refractivity contribution in [3.63, 3.8) is 0 Å². The number of aliphatic imine (C=N–C) groups is 1. The van der Waals surface area contributed by atoms with E-state index >= 15 is 0 Å². The van der Waals surface area contributed by atoms with Gasteiger partial charge in [-0.1, -0.05) is 34.6 Å². The normalized spacial score (nSPS) is 13.3. The van der Waals surface area contributed by atoms with Gasteiger partial charge in [0, 0.05) is 13.0 Å². The maximum Gasteiger partial charge on any atom is 0.326 e. The van der Waals surface area contributed by atoms with Crippen molar-refractivity contribution < 1.29 is 23.9 Å². The summed E-state index contributed by atoms with van der Waals surface area (Å²) in [4.78, 5) is 44.9. The van der Waals surface area contributed by atoms with Crippen molar-refractivity contribution in [1.29, 1.82) is 0 Å². The summed E-state index contributed by atoms with van der Waals surface area (Å²) in [5.74, 6) is -1.37. The molecule has 2 unspecified atom stereocenters. The number of hydrogen-bond acceptors (Lipinski definition) is 6. The molecule has 0 saturated carbocycles. The third-order valence-electron chi connectivity index (χ3n) is 4.61. The fourth-order valence-electron chi connectivity index (χ4n) is 3.18. The number of oxazole rings is 1. The first-order valence-corrected chi connectivity index (χ1v) is 11.0. The Morgan fingerprint density at radius 1 is 1.18 bits per heavy atom. The van der Waals surface area contributed by atoms with Gasteiger partial charge in [0.2, 0.25) is 11.8 Å². The molecule has 0 aliphatic carbocycles. The van der Waals surface area contributed by atoms with Crippen LogP contribution >= 0.6 is 0 Å². The number of carbonyl (C=O) groups excluding carboxylic acids is 2. The number of guanidine groups is 1. The Morgan fingerprint density at radius 2 is 1.82 bits per heavy atom. The first-order chi connectivity index (χ1) is 15.2. The van der Waals surface area contributed by atoms with Gasteiger partial charge >= 0.3 is 5.97 Å². The summed E-state index contributed by atoms with van der Waals surface area (Å²) in [6.45, 7) is 11.7. The number of hydrogen-bond donors (Lipinski definition) is 5. The average Bonchev–Trinajstić information content (AvgIpc) is 3.03. The lowest BCUT2D eigenvalue weighted by molar-refractivity contribution is -0.139. The highest BCUT2D eigenvalue weighted by molar-refractivity contribution is 5.95. The van der Waals surface area contributed by atoms with Crippen molar-refractivity contribution in [2.75, 3.05) is 6.54 Å². The molecule has 1 rings (SSSR count). The van der Waals surface area contributed by atoms with Crippen molar-refractivity contribution in [3.05, 3.63) is 17.3 Å². The minimum Gasteiger partial charge on any atom is -0.480 e. The molecule has 0 radical (unpaired) electrons. The Labute approximate surface area is 194 Å². The highest BCUT2D eigenvalue weighted by atomic mass is 16.4. The van der Waals surface area contributed by atoms with Gasteiger partial charge in [-0.2, -0.15) is 0 Å². The highest BCUT2D eigenvalue weighted by Gasteiger charge is 2.28. The quantitative estimate of drug-likeness (QED) is 0.175.